The fraction of sp³-hybridized carbons (Fsp3) is 0.0588. The van der Waals surface area contributed by atoms with Gasteiger partial charge in [0, 0.05) is 16.5 Å². The third kappa shape index (κ3) is 2.65. The van der Waals surface area contributed by atoms with Crippen LogP contribution in [0.2, 0.25) is 0 Å². The highest BCUT2D eigenvalue weighted by Crippen LogP contribution is 2.29. The van der Waals surface area contributed by atoms with Gasteiger partial charge in [-0.2, -0.15) is 15.4 Å². The summed E-state index contributed by atoms with van der Waals surface area (Å²) in [6.07, 6.45) is 0. The van der Waals surface area contributed by atoms with E-state index < -0.39 is 0 Å². The SMILES string of the molecule is Cc1nc(-c2ccccc2NC(=O)c2ccc3n[nH]nc3c2)cs1. The van der Waals surface area contributed by atoms with Crippen molar-refractivity contribution in [2.45, 2.75) is 6.92 Å². The third-order valence-electron chi connectivity index (χ3n) is 3.65. The second kappa shape index (κ2) is 5.86. The van der Waals surface area contributed by atoms with E-state index in [9.17, 15) is 4.79 Å². The van der Waals surface area contributed by atoms with Gasteiger partial charge in [0.25, 0.3) is 5.91 Å². The topological polar surface area (TPSA) is 83.6 Å². The average Bonchev–Trinajstić information content (AvgIpc) is 3.23. The summed E-state index contributed by atoms with van der Waals surface area (Å²) in [5.41, 5.74) is 4.41. The van der Waals surface area contributed by atoms with Crippen LogP contribution in [0.15, 0.2) is 47.8 Å². The quantitative estimate of drug-likeness (QED) is 0.599. The maximum absolute atomic E-state index is 12.6. The molecule has 0 saturated carbocycles. The van der Waals surface area contributed by atoms with E-state index in [0.717, 1.165) is 27.5 Å². The molecule has 7 heteroatoms. The Balaban J connectivity index is 1.66. The van der Waals surface area contributed by atoms with Crippen molar-refractivity contribution in [3.05, 3.63) is 58.4 Å². The van der Waals surface area contributed by atoms with Gasteiger partial charge in [0.2, 0.25) is 0 Å². The maximum Gasteiger partial charge on any atom is 0.255 e. The van der Waals surface area contributed by atoms with Gasteiger partial charge in [-0.25, -0.2) is 4.98 Å². The molecule has 0 atom stereocenters. The van der Waals surface area contributed by atoms with Gasteiger partial charge >= 0.3 is 0 Å². The Morgan fingerprint density at radius 1 is 1.12 bits per heavy atom. The number of rotatable bonds is 3. The number of H-pyrrole nitrogens is 1. The summed E-state index contributed by atoms with van der Waals surface area (Å²) in [5.74, 6) is -0.195. The summed E-state index contributed by atoms with van der Waals surface area (Å²) < 4.78 is 0. The van der Waals surface area contributed by atoms with Gasteiger partial charge in [0.15, 0.2) is 0 Å². The molecule has 6 nitrogen and oxygen atoms in total. The van der Waals surface area contributed by atoms with Crippen LogP contribution >= 0.6 is 11.3 Å². The van der Waals surface area contributed by atoms with Crippen LogP contribution in [-0.4, -0.2) is 26.3 Å². The molecular formula is C17H13N5OS. The third-order valence-corrected chi connectivity index (χ3v) is 4.42. The zero-order valence-electron chi connectivity index (χ0n) is 12.8. The first-order valence-corrected chi connectivity index (χ1v) is 8.22. The fourth-order valence-corrected chi connectivity index (χ4v) is 3.09. The molecule has 4 aromatic rings. The minimum absolute atomic E-state index is 0.195. The fourth-order valence-electron chi connectivity index (χ4n) is 2.48. The molecule has 0 aliphatic carbocycles. The molecule has 0 aliphatic rings. The van der Waals surface area contributed by atoms with Crippen LogP contribution in [0.3, 0.4) is 0 Å². The van der Waals surface area contributed by atoms with Crippen molar-refractivity contribution in [1.82, 2.24) is 20.4 Å². The first-order chi connectivity index (χ1) is 11.7. The number of aromatic nitrogens is 4. The largest absolute Gasteiger partial charge is 0.321 e. The Morgan fingerprint density at radius 3 is 2.79 bits per heavy atom. The van der Waals surface area contributed by atoms with Crippen LogP contribution in [0.25, 0.3) is 22.3 Å². The molecule has 0 unspecified atom stereocenters. The summed E-state index contributed by atoms with van der Waals surface area (Å²) in [7, 11) is 0. The normalized spacial score (nSPS) is 10.9. The molecule has 0 spiro atoms. The number of aryl methyl sites for hydroxylation is 1. The predicted octanol–water partition coefficient (Wildman–Crippen LogP) is 3.64. The maximum atomic E-state index is 12.6. The summed E-state index contributed by atoms with van der Waals surface area (Å²) in [6.45, 7) is 1.96. The Bertz CT molecular complexity index is 1040. The van der Waals surface area contributed by atoms with E-state index in [1.165, 1.54) is 0 Å². The number of nitrogens with one attached hydrogen (secondary N) is 2. The van der Waals surface area contributed by atoms with E-state index in [4.69, 9.17) is 0 Å². The second-order valence-corrected chi connectivity index (χ2v) is 6.34. The molecule has 0 fully saturated rings. The molecule has 2 aromatic carbocycles. The smallest absolute Gasteiger partial charge is 0.255 e. The Kier molecular flexibility index (Phi) is 3.55. The van der Waals surface area contributed by atoms with E-state index >= 15 is 0 Å². The number of nitrogens with zero attached hydrogens (tertiary/aromatic N) is 3. The molecule has 0 bridgehead atoms. The van der Waals surface area contributed by atoms with Gasteiger partial charge < -0.3 is 5.32 Å². The molecule has 2 N–H and O–H groups in total. The summed E-state index contributed by atoms with van der Waals surface area (Å²) in [4.78, 5) is 17.1. The summed E-state index contributed by atoms with van der Waals surface area (Å²) >= 11 is 1.58. The molecule has 0 saturated heterocycles. The van der Waals surface area contributed by atoms with Crippen molar-refractivity contribution in [1.29, 1.82) is 0 Å². The lowest BCUT2D eigenvalue weighted by molar-refractivity contribution is 0.102. The lowest BCUT2D eigenvalue weighted by Gasteiger charge is -2.09. The number of aromatic amines is 1. The summed E-state index contributed by atoms with van der Waals surface area (Å²) in [5, 5.41) is 16.5. The zero-order valence-corrected chi connectivity index (χ0v) is 13.6. The van der Waals surface area contributed by atoms with Crippen molar-refractivity contribution >= 4 is 34.0 Å². The number of carbonyl (C=O) groups is 1. The van der Waals surface area contributed by atoms with E-state index in [0.29, 0.717) is 11.1 Å². The number of thiazole rings is 1. The second-order valence-electron chi connectivity index (χ2n) is 5.28. The van der Waals surface area contributed by atoms with Gasteiger partial charge in [-0.05, 0) is 31.2 Å². The van der Waals surface area contributed by atoms with Gasteiger partial charge in [-0.1, -0.05) is 18.2 Å². The highest BCUT2D eigenvalue weighted by molar-refractivity contribution is 7.09. The van der Waals surface area contributed by atoms with Crippen LogP contribution in [-0.2, 0) is 0 Å². The van der Waals surface area contributed by atoms with Gasteiger partial charge in [-0.3, -0.25) is 4.79 Å². The molecular weight excluding hydrogens is 322 g/mol. The highest BCUT2D eigenvalue weighted by Gasteiger charge is 2.13. The van der Waals surface area contributed by atoms with Crippen LogP contribution in [0, 0.1) is 6.92 Å². The van der Waals surface area contributed by atoms with Crippen molar-refractivity contribution < 1.29 is 4.79 Å². The number of anilines is 1. The lowest BCUT2D eigenvalue weighted by atomic mass is 10.1. The highest BCUT2D eigenvalue weighted by atomic mass is 32.1. The van der Waals surface area contributed by atoms with Crippen molar-refractivity contribution in [3.8, 4) is 11.3 Å². The number of fused-ring (bicyclic) bond motifs is 1. The molecule has 4 rings (SSSR count). The van der Waals surface area contributed by atoms with Crippen LogP contribution in [0.5, 0.6) is 0 Å². The monoisotopic (exact) mass is 335 g/mol. The molecule has 24 heavy (non-hydrogen) atoms. The summed E-state index contributed by atoms with van der Waals surface area (Å²) in [6, 6.07) is 12.9. The van der Waals surface area contributed by atoms with Crippen molar-refractivity contribution in [2.75, 3.05) is 5.32 Å². The first kappa shape index (κ1) is 14.5. The predicted molar refractivity (Wildman–Crippen MR) is 94.1 cm³/mol. The number of carbonyl (C=O) groups excluding carboxylic acids is 1. The van der Waals surface area contributed by atoms with Crippen LogP contribution in [0.4, 0.5) is 5.69 Å². The standard InChI is InChI=1S/C17H13N5OS/c1-10-18-16(9-24-10)12-4-2-3-5-13(12)19-17(23)11-6-7-14-15(8-11)21-22-20-14/h2-9H,1H3,(H,19,23)(H,20,21,22). The number of hydrogen-bond acceptors (Lipinski definition) is 5. The minimum atomic E-state index is -0.195. The zero-order chi connectivity index (χ0) is 16.5. The number of benzene rings is 2. The Labute approximate surface area is 141 Å². The van der Waals surface area contributed by atoms with Crippen LogP contribution < -0.4 is 5.32 Å². The van der Waals surface area contributed by atoms with E-state index in [1.54, 1.807) is 29.5 Å². The number of amides is 1. The van der Waals surface area contributed by atoms with E-state index in [2.05, 4.69) is 25.7 Å². The number of para-hydroxylation sites is 1. The molecule has 0 radical (unpaired) electrons. The van der Waals surface area contributed by atoms with E-state index in [-0.39, 0.29) is 5.91 Å². The van der Waals surface area contributed by atoms with Crippen molar-refractivity contribution in [3.63, 3.8) is 0 Å². The number of hydrogen-bond donors (Lipinski definition) is 2. The van der Waals surface area contributed by atoms with E-state index in [1.807, 2.05) is 36.6 Å². The van der Waals surface area contributed by atoms with Crippen LogP contribution in [0.1, 0.15) is 15.4 Å². The average molecular weight is 335 g/mol. The van der Waals surface area contributed by atoms with Crippen molar-refractivity contribution in [2.24, 2.45) is 0 Å². The first-order valence-electron chi connectivity index (χ1n) is 7.34. The molecule has 2 aromatic heterocycles. The molecule has 0 aliphatic heterocycles. The van der Waals surface area contributed by atoms with Gasteiger partial charge in [0.05, 0.1) is 16.4 Å². The molecule has 118 valence electrons. The molecule has 2 heterocycles. The lowest BCUT2D eigenvalue weighted by Crippen LogP contribution is -2.12. The van der Waals surface area contributed by atoms with Gasteiger partial charge in [-0.15, -0.1) is 11.3 Å². The Morgan fingerprint density at radius 2 is 1.96 bits per heavy atom. The molecule has 1 amide bonds. The Hall–Kier alpha value is -3.06. The minimum Gasteiger partial charge on any atom is -0.321 e. The van der Waals surface area contributed by atoms with Gasteiger partial charge in [0.1, 0.15) is 11.0 Å².